The number of aromatic nitrogens is 2. The third-order valence-corrected chi connectivity index (χ3v) is 7.48. The molecular formula is C19H25N3O2S2. The van der Waals surface area contributed by atoms with Crippen LogP contribution >= 0.6 is 23.1 Å². The molecule has 2 aromatic rings. The topological polar surface area (TPSA) is 74.8 Å². The summed E-state index contributed by atoms with van der Waals surface area (Å²) < 4.78 is 0. The van der Waals surface area contributed by atoms with Crippen LogP contribution < -0.4 is 10.9 Å². The molecule has 1 fully saturated rings. The van der Waals surface area contributed by atoms with Crippen molar-refractivity contribution in [1.29, 1.82) is 0 Å². The number of aromatic amines is 1. The molecule has 2 aliphatic carbocycles. The van der Waals surface area contributed by atoms with Crippen LogP contribution in [0.15, 0.2) is 9.95 Å². The Bertz CT molecular complexity index is 868. The van der Waals surface area contributed by atoms with Crippen LogP contribution in [0.2, 0.25) is 0 Å². The van der Waals surface area contributed by atoms with E-state index < -0.39 is 0 Å². The number of amides is 1. The fraction of sp³-hybridized carbons (Fsp3) is 0.632. The number of nitrogens with one attached hydrogen (secondary N) is 2. The minimum atomic E-state index is -0.0581. The molecular weight excluding hydrogens is 366 g/mol. The standard InChI is InChI=1S/C19H25N3O2S2/c1-11-7-8-13-14(9-11)26-18-16(13)17(24)21-19(22-18)25-10-15(23)20-12-5-3-2-4-6-12/h11-12H,2-10H2,1H3,(H,20,23)(H,21,22,24). The summed E-state index contributed by atoms with van der Waals surface area (Å²) in [4.78, 5) is 34.4. The minimum Gasteiger partial charge on any atom is -0.353 e. The lowest BCUT2D eigenvalue weighted by Gasteiger charge is -2.22. The number of nitrogens with zero attached hydrogens (tertiary/aromatic N) is 1. The molecule has 1 unspecified atom stereocenters. The molecule has 1 atom stereocenters. The second-order valence-corrected chi connectivity index (χ2v) is 9.64. The van der Waals surface area contributed by atoms with Crippen LogP contribution in [0, 0.1) is 5.92 Å². The van der Waals surface area contributed by atoms with E-state index in [1.54, 1.807) is 11.3 Å². The zero-order valence-electron chi connectivity index (χ0n) is 15.1. The SMILES string of the molecule is CC1CCc2c(sc3nc(SCC(=O)NC4CCCCC4)[nH]c(=O)c23)C1. The molecule has 1 amide bonds. The molecule has 2 aliphatic rings. The molecule has 2 heterocycles. The van der Waals surface area contributed by atoms with E-state index in [0.717, 1.165) is 42.3 Å². The van der Waals surface area contributed by atoms with E-state index in [1.807, 2.05) is 0 Å². The first-order valence-corrected chi connectivity index (χ1v) is 11.4. The lowest BCUT2D eigenvalue weighted by molar-refractivity contribution is -0.119. The molecule has 0 spiro atoms. The van der Waals surface area contributed by atoms with Gasteiger partial charge in [0.1, 0.15) is 4.83 Å². The van der Waals surface area contributed by atoms with Crippen LogP contribution in [0.25, 0.3) is 10.2 Å². The summed E-state index contributed by atoms with van der Waals surface area (Å²) in [5.41, 5.74) is 1.14. The number of fused-ring (bicyclic) bond motifs is 3. The Morgan fingerprint density at radius 3 is 2.92 bits per heavy atom. The van der Waals surface area contributed by atoms with Gasteiger partial charge in [-0.15, -0.1) is 11.3 Å². The number of rotatable bonds is 4. The van der Waals surface area contributed by atoms with Gasteiger partial charge in [-0.3, -0.25) is 9.59 Å². The first kappa shape index (κ1) is 18.0. The molecule has 1 saturated carbocycles. The zero-order valence-corrected chi connectivity index (χ0v) is 16.7. The maximum Gasteiger partial charge on any atom is 0.260 e. The summed E-state index contributed by atoms with van der Waals surface area (Å²) in [7, 11) is 0. The highest BCUT2D eigenvalue weighted by Gasteiger charge is 2.23. The van der Waals surface area contributed by atoms with Gasteiger partial charge in [0.05, 0.1) is 11.1 Å². The van der Waals surface area contributed by atoms with Crippen LogP contribution in [0.1, 0.15) is 55.9 Å². The van der Waals surface area contributed by atoms with Crippen LogP contribution in [-0.4, -0.2) is 27.7 Å². The zero-order chi connectivity index (χ0) is 18.1. The van der Waals surface area contributed by atoms with Crippen LogP contribution in [0.4, 0.5) is 0 Å². The van der Waals surface area contributed by atoms with Crippen molar-refractivity contribution in [3.63, 3.8) is 0 Å². The predicted molar refractivity (Wildman–Crippen MR) is 107 cm³/mol. The number of thiophene rings is 1. The predicted octanol–water partition coefficient (Wildman–Crippen LogP) is 3.65. The van der Waals surface area contributed by atoms with Crippen molar-refractivity contribution in [2.45, 2.75) is 69.5 Å². The maximum atomic E-state index is 12.6. The van der Waals surface area contributed by atoms with Crippen molar-refractivity contribution in [2.24, 2.45) is 5.92 Å². The largest absolute Gasteiger partial charge is 0.353 e. The maximum absolute atomic E-state index is 12.6. The van der Waals surface area contributed by atoms with Crippen molar-refractivity contribution in [3.05, 3.63) is 20.8 Å². The normalized spacial score (nSPS) is 20.9. The van der Waals surface area contributed by atoms with Gasteiger partial charge in [0, 0.05) is 10.9 Å². The highest BCUT2D eigenvalue weighted by molar-refractivity contribution is 7.99. The van der Waals surface area contributed by atoms with Gasteiger partial charge in [0.25, 0.3) is 5.56 Å². The van der Waals surface area contributed by atoms with E-state index in [1.165, 1.54) is 41.5 Å². The van der Waals surface area contributed by atoms with E-state index >= 15 is 0 Å². The molecule has 5 nitrogen and oxygen atoms in total. The summed E-state index contributed by atoms with van der Waals surface area (Å²) in [5.74, 6) is 1.00. The Morgan fingerprint density at radius 1 is 1.31 bits per heavy atom. The fourth-order valence-corrected chi connectivity index (χ4v) is 6.16. The Balaban J connectivity index is 1.45. The van der Waals surface area contributed by atoms with E-state index in [4.69, 9.17) is 0 Å². The van der Waals surface area contributed by atoms with Gasteiger partial charge >= 0.3 is 0 Å². The van der Waals surface area contributed by atoms with Crippen molar-refractivity contribution >= 4 is 39.2 Å². The number of aryl methyl sites for hydroxylation is 1. The average molecular weight is 392 g/mol. The summed E-state index contributed by atoms with van der Waals surface area (Å²) in [6.45, 7) is 2.26. The van der Waals surface area contributed by atoms with Crippen molar-refractivity contribution in [2.75, 3.05) is 5.75 Å². The summed E-state index contributed by atoms with van der Waals surface area (Å²) in [5, 5.41) is 4.43. The van der Waals surface area contributed by atoms with Crippen LogP contribution in [-0.2, 0) is 17.6 Å². The van der Waals surface area contributed by atoms with Gasteiger partial charge < -0.3 is 10.3 Å². The van der Waals surface area contributed by atoms with Crippen molar-refractivity contribution in [1.82, 2.24) is 15.3 Å². The van der Waals surface area contributed by atoms with Gasteiger partial charge in [0.2, 0.25) is 5.91 Å². The van der Waals surface area contributed by atoms with Crippen molar-refractivity contribution < 1.29 is 4.79 Å². The van der Waals surface area contributed by atoms with Crippen LogP contribution in [0.5, 0.6) is 0 Å². The van der Waals surface area contributed by atoms with Gasteiger partial charge in [-0.1, -0.05) is 37.9 Å². The third-order valence-electron chi connectivity index (χ3n) is 5.45. The van der Waals surface area contributed by atoms with Crippen LogP contribution in [0.3, 0.4) is 0 Å². The second-order valence-electron chi connectivity index (χ2n) is 7.59. The smallest absolute Gasteiger partial charge is 0.260 e. The summed E-state index contributed by atoms with van der Waals surface area (Å²) in [6, 6.07) is 0.317. The number of H-pyrrole nitrogens is 1. The fourth-order valence-electron chi connectivity index (χ4n) is 4.05. The number of hydrogen-bond donors (Lipinski definition) is 2. The van der Waals surface area contributed by atoms with Gasteiger partial charge in [-0.2, -0.15) is 0 Å². The Hall–Kier alpha value is -1.34. The van der Waals surface area contributed by atoms with Gasteiger partial charge in [-0.25, -0.2) is 4.98 Å². The summed E-state index contributed by atoms with van der Waals surface area (Å²) in [6.07, 6.45) is 8.98. The monoisotopic (exact) mass is 391 g/mol. The number of hydrogen-bond acceptors (Lipinski definition) is 5. The minimum absolute atomic E-state index is 0.0314. The molecule has 140 valence electrons. The highest BCUT2D eigenvalue weighted by atomic mass is 32.2. The number of thioether (sulfide) groups is 1. The second kappa shape index (κ2) is 7.72. The lowest BCUT2D eigenvalue weighted by atomic mass is 9.89. The molecule has 4 rings (SSSR count). The molecule has 2 aromatic heterocycles. The molecule has 0 aliphatic heterocycles. The Morgan fingerprint density at radius 2 is 2.12 bits per heavy atom. The first-order valence-electron chi connectivity index (χ1n) is 9.57. The molecule has 0 bridgehead atoms. The van der Waals surface area contributed by atoms with E-state index in [2.05, 4.69) is 22.2 Å². The summed E-state index contributed by atoms with van der Waals surface area (Å²) >= 11 is 2.97. The van der Waals surface area contributed by atoms with E-state index in [9.17, 15) is 9.59 Å². The number of carbonyl (C=O) groups excluding carboxylic acids is 1. The van der Waals surface area contributed by atoms with Gasteiger partial charge in [-0.05, 0) is 43.6 Å². The molecule has 0 aromatic carbocycles. The lowest BCUT2D eigenvalue weighted by Crippen LogP contribution is -2.37. The average Bonchev–Trinajstić information content (AvgIpc) is 2.98. The molecule has 0 saturated heterocycles. The number of carbonyl (C=O) groups is 1. The highest BCUT2D eigenvalue weighted by Crippen LogP contribution is 2.36. The molecule has 26 heavy (non-hydrogen) atoms. The van der Waals surface area contributed by atoms with Gasteiger partial charge in [0.15, 0.2) is 5.16 Å². The molecule has 7 heteroatoms. The van der Waals surface area contributed by atoms with E-state index in [0.29, 0.717) is 22.9 Å². The third kappa shape index (κ3) is 3.83. The quantitative estimate of drug-likeness (QED) is 0.616. The molecule has 2 N–H and O–H groups in total. The Kier molecular flexibility index (Phi) is 5.36. The Labute approximate surface area is 161 Å². The first-order chi connectivity index (χ1) is 12.6. The van der Waals surface area contributed by atoms with E-state index in [-0.39, 0.29) is 11.5 Å². The molecule has 0 radical (unpaired) electrons. The van der Waals surface area contributed by atoms with Crippen molar-refractivity contribution in [3.8, 4) is 0 Å².